The molecule has 0 fully saturated rings. The number of hydrogen-bond donors (Lipinski definition) is 0. The smallest absolute Gasteiger partial charge is 0.0645 e. The van der Waals surface area contributed by atoms with Crippen molar-refractivity contribution in [3.8, 4) is 33.4 Å². The summed E-state index contributed by atoms with van der Waals surface area (Å²) in [7, 11) is 0. The Morgan fingerprint density at radius 2 is 0.957 bits per heavy atom. The molecule has 0 N–H and O–H groups in total. The Morgan fingerprint density at radius 3 is 1.49 bits per heavy atom. The van der Waals surface area contributed by atoms with E-state index in [0.29, 0.717) is 11.3 Å². The summed E-state index contributed by atoms with van der Waals surface area (Å²) >= 11 is 0. The SMILES string of the molecule is [2H]c1cc([2H])c(N(c2c([2H])cc(-c3cc4c(cc3-c3ccccc3)C(C)(C)C(C)(C)C4(C)C)cc2[2H])c2c([2H])cc(-c3ccccc3)cc2C)c([2H])c1. The van der Waals surface area contributed by atoms with Gasteiger partial charge in [-0.15, -0.1) is 0 Å². The van der Waals surface area contributed by atoms with Crippen LogP contribution in [0.1, 0.15) is 66.5 Å². The number of nitrogens with zero attached hydrogens (tertiary/aromatic N) is 1. The maximum atomic E-state index is 9.58. The van der Waals surface area contributed by atoms with Crippen LogP contribution in [0, 0.1) is 12.3 Å². The Balaban J connectivity index is 1.48. The second-order valence-electron chi connectivity index (χ2n) is 14.3. The van der Waals surface area contributed by atoms with E-state index >= 15 is 0 Å². The summed E-state index contributed by atoms with van der Waals surface area (Å²) in [6.45, 7) is 15.8. The lowest BCUT2D eigenvalue weighted by Crippen LogP contribution is -2.42. The van der Waals surface area contributed by atoms with Crippen molar-refractivity contribution in [3.63, 3.8) is 0 Å². The fraction of sp³-hybridized carbons (Fsp3) is 0.217. The second kappa shape index (κ2) is 11.4. The van der Waals surface area contributed by atoms with Gasteiger partial charge < -0.3 is 4.90 Å². The molecular formula is C46H45N. The van der Waals surface area contributed by atoms with Crippen LogP contribution in [-0.2, 0) is 10.8 Å². The van der Waals surface area contributed by atoms with Gasteiger partial charge in [0.05, 0.1) is 8.22 Å². The zero-order chi connectivity index (χ0) is 38.2. The molecule has 6 aromatic carbocycles. The van der Waals surface area contributed by atoms with E-state index in [-0.39, 0.29) is 63.9 Å². The third kappa shape index (κ3) is 5.01. The van der Waals surface area contributed by atoms with E-state index in [9.17, 15) is 4.11 Å². The zero-order valence-corrected chi connectivity index (χ0v) is 28.3. The molecule has 0 aromatic heterocycles. The van der Waals surface area contributed by atoms with Crippen molar-refractivity contribution in [2.45, 2.75) is 59.3 Å². The average Bonchev–Trinajstić information content (AvgIpc) is 3.20. The maximum absolute atomic E-state index is 9.58. The molecule has 47 heavy (non-hydrogen) atoms. The normalized spacial score (nSPS) is 17.4. The molecule has 0 atom stereocenters. The Kier molecular flexibility index (Phi) is 5.91. The molecule has 0 saturated carbocycles. The maximum Gasteiger partial charge on any atom is 0.0645 e. The van der Waals surface area contributed by atoms with E-state index < -0.39 is 0 Å². The minimum Gasteiger partial charge on any atom is -0.310 e. The molecule has 1 aliphatic carbocycles. The molecule has 0 saturated heterocycles. The van der Waals surface area contributed by atoms with Crippen LogP contribution in [0.15, 0.2) is 145 Å². The van der Waals surface area contributed by atoms with Crippen LogP contribution >= 0.6 is 0 Å². The van der Waals surface area contributed by atoms with E-state index in [2.05, 4.69) is 65.8 Å². The highest BCUT2D eigenvalue weighted by Crippen LogP contribution is 2.62. The van der Waals surface area contributed by atoms with Gasteiger partial charge in [-0.2, -0.15) is 0 Å². The van der Waals surface area contributed by atoms with E-state index in [1.165, 1.54) is 23.3 Å². The van der Waals surface area contributed by atoms with E-state index in [1.807, 2.05) is 61.5 Å². The van der Waals surface area contributed by atoms with Crippen molar-refractivity contribution >= 4 is 17.1 Å². The van der Waals surface area contributed by atoms with Gasteiger partial charge >= 0.3 is 0 Å². The predicted molar refractivity (Wildman–Crippen MR) is 202 cm³/mol. The third-order valence-corrected chi connectivity index (χ3v) is 11.2. The standard InChI is InChI=1S/C46H45N/c1-32-29-36(33-17-11-8-12-18-33)25-28-43(32)47(37-21-15-10-16-22-37)38-26-23-35(24-27-38)40-31-42-41(30-39(40)34-19-13-9-14-20-34)44(2,3)46(6,7)45(42,4)5/h8-31H,1-7H3/i10D,21D,22D,26D,27D,28D. The summed E-state index contributed by atoms with van der Waals surface area (Å²) in [6, 6.07) is 34.7. The molecular weight excluding hydrogens is 567 g/mol. The fourth-order valence-corrected chi connectivity index (χ4v) is 7.25. The summed E-state index contributed by atoms with van der Waals surface area (Å²) in [6.07, 6.45) is 0. The van der Waals surface area contributed by atoms with Crippen LogP contribution in [0.5, 0.6) is 0 Å². The molecule has 0 heterocycles. The van der Waals surface area contributed by atoms with E-state index in [0.717, 1.165) is 33.4 Å². The van der Waals surface area contributed by atoms with Gasteiger partial charge in [-0.1, -0.05) is 139 Å². The lowest BCUT2D eigenvalue weighted by Gasteiger charge is -2.44. The average molecular weight is 618 g/mol. The number of rotatable bonds is 6. The predicted octanol–water partition coefficient (Wildman–Crippen LogP) is 13.1. The molecule has 1 heteroatoms. The zero-order valence-electron chi connectivity index (χ0n) is 34.3. The van der Waals surface area contributed by atoms with E-state index in [4.69, 9.17) is 4.11 Å². The lowest BCUT2D eigenvalue weighted by atomic mass is 9.59. The summed E-state index contributed by atoms with van der Waals surface area (Å²) in [5.41, 5.74) is 9.14. The van der Waals surface area contributed by atoms with Crippen LogP contribution in [0.3, 0.4) is 0 Å². The quantitative estimate of drug-likeness (QED) is 0.180. The molecule has 0 radical (unpaired) electrons. The van der Waals surface area contributed by atoms with Gasteiger partial charge in [0.25, 0.3) is 0 Å². The molecule has 7 rings (SSSR count). The molecule has 0 spiro atoms. The Labute approximate surface area is 290 Å². The lowest BCUT2D eigenvalue weighted by molar-refractivity contribution is 0.125. The number of benzene rings is 6. The number of anilines is 3. The molecule has 0 aliphatic heterocycles. The fourth-order valence-electron chi connectivity index (χ4n) is 7.25. The van der Waals surface area contributed by atoms with Gasteiger partial charge in [-0.25, -0.2) is 0 Å². The monoisotopic (exact) mass is 617 g/mol. The Hall–Kier alpha value is -4.88. The largest absolute Gasteiger partial charge is 0.310 e. The first-order chi connectivity index (χ1) is 25.0. The van der Waals surface area contributed by atoms with Crippen molar-refractivity contribution in [3.05, 3.63) is 162 Å². The van der Waals surface area contributed by atoms with E-state index in [1.54, 1.807) is 23.1 Å². The van der Waals surface area contributed by atoms with Crippen molar-refractivity contribution in [1.29, 1.82) is 0 Å². The van der Waals surface area contributed by atoms with Crippen LogP contribution < -0.4 is 4.90 Å². The minimum absolute atomic E-state index is 0.0258. The highest BCUT2D eigenvalue weighted by Gasteiger charge is 2.57. The second-order valence-corrected chi connectivity index (χ2v) is 14.3. The number of hydrogen-bond acceptors (Lipinski definition) is 1. The van der Waals surface area contributed by atoms with Crippen LogP contribution in [0.2, 0.25) is 0 Å². The molecule has 1 aliphatic rings. The molecule has 0 unspecified atom stereocenters. The Bertz CT molecular complexity index is 2330. The van der Waals surface area contributed by atoms with Gasteiger partial charge in [0.2, 0.25) is 0 Å². The number of fused-ring (bicyclic) bond motifs is 1. The van der Waals surface area contributed by atoms with Crippen molar-refractivity contribution in [1.82, 2.24) is 0 Å². The summed E-state index contributed by atoms with van der Waals surface area (Å²) in [5.74, 6) is 0. The first-order valence-corrected chi connectivity index (χ1v) is 16.4. The molecule has 234 valence electrons. The van der Waals surface area contributed by atoms with Crippen LogP contribution in [0.25, 0.3) is 33.4 Å². The summed E-state index contributed by atoms with van der Waals surface area (Å²) in [5, 5.41) is 0. The van der Waals surface area contributed by atoms with Gasteiger partial charge in [0.1, 0.15) is 0 Å². The first kappa shape index (κ1) is 24.3. The minimum atomic E-state index is -0.160. The van der Waals surface area contributed by atoms with Crippen molar-refractivity contribution in [2.24, 2.45) is 5.41 Å². The first-order valence-electron chi connectivity index (χ1n) is 19.4. The summed E-state index contributed by atoms with van der Waals surface area (Å²) in [4.78, 5) is 1.56. The molecule has 0 amide bonds. The highest BCUT2D eigenvalue weighted by molar-refractivity contribution is 5.87. The number of para-hydroxylation sites is 1. The Morgan fingerprint density at radius 1 is 0.489 bits per heavy atom. The van der Waals surface area contributed by atoms with Gasteiger partial charge in [0.15, 0.2) is 0 Å². The molecule has 6 aromatic rings. The molecule has 1 nitrogen and oxygen atoms in total. The van der Waals surface area contributed by atoms with Gasteiger partial charge in [0, 0.05) is 17.1 Å². The molecule has 0 bridgehead atoms. The summed E-state index contributed by atoms with van der Waals surface area (Å²) < 4.78 is 54.6. The number of aryl methyl sites for hydroxylation is 1. The van der Waals surface area contributed by atoms with Crippen LogP contribution in [0.4, 0.5) is 17.1 Å². The highest BCUT2D eigenvalue weighted by atomic mass is 15.1. The van der Waals surface area contributed by atoms with Gasteiger partial charge in [-0.3, -0.25) is 0 Å². The third-order valence-electron chi connectivity index (χ3n) is 11.2. The van der Waals surface area contributed by atoms with Crippen molar-refractivity contribution in [2.75, 3.05) is 4.90 Å². The van der Waals surface area contributed by atoms with Gasteiger partial charge in [-0.05, 0) is 122 Å². The van der Waals surface area contributed by atoms with Crippen LogP contribution in [-0.4, -0.2) is 0 Å². The topological polar surface area (TPSA) is 3.24 Å². The van der Waals surface area contributed by atoms with Crippen molar-refractivity contribution < 1.29 is 8.22 Å².